The Morgan fingerprint density at radius 1 is 1.31 bits per heavy atom. The Morgan fingerprint density at radius 2 is 2.12 bits per heavy atom. The van der Waals surface area contributed by atoms with E-state index in [-0.39, 0.29) is 0 Å². The van der Waals surface area contributed by atoms with Gasteiger partial charge in [0.05, 0.1) is 15.7 Å². The fourth-order valence-electron chi connectivity index (χ4n) is 1.32. The van der Waals surface area contributed by atoms with Gasteiger partial charge in [-0.2, -0.15) is 0 Å². The highest BCUT2D eigenvalue weighted by Gasteiger charge is 2.07. The van der Waals surface area contributed by atoms with Gasteiger partial charge in [-0.3, -0.25) is 4.98 Å². The molecule has 0 N–H and O–H groups in total. The topological polar surface area (TPSA) is 38.7 Å². The van der Waals surface area contributed by atoms with Crippen LogP contribution < -0.4 is 0 Å². The molecule has 82 valence electrons. The van der Waals surface area contributed by atoms with E-state index in [2.05, 4.69) is 37.5 Å². The highest BCUT2D eigenvalue weighted by atomic mass is 127. The van der Waals surface area contributed by atoms with E-state index in [1.165, 1.54) is 0 Å². The number of rotatable bonds is 2. The Labute approximate surface area is 112 Å². The molecule has 0 saturated carbocycles. The van der Waals surface area contributed by atoms with E-state index in [1.807, 2.05) is 25.1 Å². The predicted molar refractivity (Wildman–Crippen MR) is 71.5 cm³/mol. The normalized spacial score (nSPS) is 10.4. The van der Waals surface area contributed by atoms with E-state index in [4.69, 9.17) is 11.6 Å². The van der Waals surface area contributed by atoms with Crippen LogP contribution in [0.4, 0.5) is 0 Å². The van der Waals surface area contributed by atoms with E-state index in [0.29, 0.717) is 17.4 Å². The summed E-state index contributed by atoms with van der Waals surface area (Å²) in [6.07, 6.45) is 2.37. The van der Waals surface area contributed by atoms with Crippen molar-refractivity contribution in [1.82, 2.24) is 15.0 Å². The van der Waals surface area contributed by atoms with Crippen molar-refractivity contribution in [2.75, 3.05) is 0 Å². The maximum Gasteiger partial charge on any atom is 0.146 e. The Kier molecular flexibility index (Phi) is 3.70. The van der Waals surface area contributed by atoms with Gasteiger partial charge in [0.1, 0.15) is 11.0 Å². The Bertz CT molecular complexity index is 479. The van der Waals surface area contributed by atoms with Crippen molar-refractivity contribution in [2.45, 2.75) is 13.3 Å². The van der Waals surface area contributed by atoms with Crippen LogP contribution in [0.3, 0.4) is 0 Å². The second-order valence-electron chi connectivity index (χ2n) is 3.33. The third kappa shape index (κ3) is 2.68. The van der Waals surface area contributed by atoms with Crippen molar-refractivity contribution in [3.63, 3.8) is 0 Å². The molecule has 0 unspecified atom stereocenters. The molecule has 16 heavy (non-hydrogen) atoms. The van der Waals surface area contributed by atoms with Crippen LogP contribution in [0.5, 0.6) is 0 Å². The van der Waals surface area contributed by atoms with Gasteiger partial charge in [-0.15, -0.1) is 0 Å². The highest BCUT2D eigenvalue weighted by Crippen LogP contribution is 2.19. The van der Waals surface area contributed by atoms with Gasteiger partial charge in [-0.05, 0) is 41.6 Å². The van der Waals surface area contributed by atoms with Crippen LogP contribution in [0.1, 0.15) is 17.2 Å². The lowest BCUT2D eigenvalue weighted by Gasteiger charge is -2.04. The highest BCUT2D eigenvalue weighted by molar-refractivity contribution is 14.1. The first-order valence-corrected chi connectivity index (χ1v) is 6.21. The minimum absolute atomic E-state index is 0.513. The van der Waals surface area contributed by atoms with Crippen molar-refractivity contribution in [3.05, 3.63) is 50.3 Å². The van der Waals surface area contributed by atoms with Crippen LogP contribution in [0.2, 0.25) is 5.15 Å². The van der Waals surface area contributed by atoms with Crippen LogP contribution in [0, 0.1) is 10.5 Å². The molecule has 0 radical (unpaired) electrons. The minimum atomic E-state index is 0.513. The number of pyridine rings is 1. The van der Waals surface area contributed by atoms with E-state index >= 15 is 0 Å². The monoisotopic (exact) mass is 345 g/mol. The van der Waals surface area contributed by atoms with Crippen LogP contribution in [-0.2, 0) is 6.42 Å². The van der Waals surface area contributed by atoms with Gasteiger partial charge in [0.15, 0.2) is 0 Å². The standard InChI is InChI=1S/C11H9ClIN3/c1-7-10(13)11(12)16-9(15-7)6-8-4-2-3-5-14-8/h2-5H,6H2,1H3. The number of halogens is 2. The Hall–Kier alpha value is -0.750. The lowest BCUT2D eigenvalue weighted by Crippen LogP contribution is -2.02. The van der Waals surface area contributed by atoms with Crippen molar-refractivity contribution in [2.24, 2.45) is 0 Å². The van der Waals surface area contributed by atoms with Crippen LogP contribution in [-0.4, -0.2) is 15.0 Å². The first-order valence-electron chi connectivity index (χ1n) is 4.75. The molecule has 0 atom stereocenters. The quantitative estimate of drug-likeness (QED) is 0.620. The molecule has 0 saturated heterocycles. The summed E-state index contributed by atoms with van der Waals surface area (Å²) in [5.74, 6) is 0.710. The molecular formula is C11H9ClIN3. The van der Waals surface area contributed by atoms with Gasteiger partial charge in [0, 0.05) is 11.9 Å². The van der Waals surface area contributed by atoms with Crippen LogP contribution in [0.25, 0.3) is 0 Å². The van der Waals surface area contributed by atoms with Gasteiger partial charge >= 0.3 is 0 Å². The van der Waals surface area contributed by atoms with Crippen molar-refractivity contribution < 1.29 is 0 Å². The van der Waals surface area contributed by atoms with Crippen LogP contribution >= 0.6 is 34.2 Å². The molecule has 2 rings (SSSR count). The summed E-state index contributed by atoms with van der Waals surface area (Å²) in [5.41, 5.74) is 1.85. The SMILES string of the molecule is Cc1nc(Cc2ccccn2)nc(Cl)c1I. The second kappa shape index (κ2) is 5.05. The zero-order valence-corrected chi connectivity index (χ0v) is 11.5. The first kappa shape index (κ1) is 11.7. The predicted octanol–water partition coefficient (Wildman–Crippen LogP) is 3.03. The van der Waals surface area contributed by atoms with Gasteiger partial charge < -0.3 is 0 Å². The molecule has 0 aliphatic carbocycles. The molecule has 0 aromatic carbocycles. The fourth-order valence-corrected chi connectivity index (χ4v) is 1.80. The Morgan fingerprint density at radius 3 is 2.75 bits per heavy atom. The summed E-state index contributed by atoms with van der Waals surface area (Å²) >= 11 is 8.15. The smallest absolute Gasteiger partial charge is 0.146 e. The maximum atomic E-state index is 6.01. The summed E-state index contributed by atoms with van der Waals surface area (Å²) in [4.78, 5) is 12.9. The van der Waals surface area contributed by atoms with E-state index in [0.717, 1.165) is 15.0 Å². The minimum Gasteiger partial charge on any atom is -0.261 e. The van der Waals surface area contributed by atoms with Gasteiger partial charge in [0.25, 0.3) is 0 Å². The zero-order valence-electron chi connectivity index (χ0n) is 8.61. The summed E-state index contributed by atoms with van der Waals surface area (Å²) in [6.45, 7) is 1.93. The maximum absolute atomic E-state index is 6.01. The fraction of sp³-hybridized carbons (Fsp3) is 0.182. The molecule has 0 aliphatic heterocycles. The Balaban J connectivity index is 2.29. The molecule has 0 amide bonds. The zero-order chi connectivity index (χ0) is 11.5. The van der Waals surface area contributed by atoms with E-state index in [9.17, 15) is 0 Å². The summed E-state index contributed by atoms with van der Waals surface area (Å²) in [7, 11) is 0. The number of nitrogens with zero attached hydrogens (tertiary/aromatic N) is 3. The molecule has 5 heteroatoms. The molecule has 2 aromatic heterocycles. The average Bonchev–Trinajstić information content (AvgIpc) is 2.27. The van der Waals surface area contributed by atoms with Gasteiger partial charge in [-0.1, -0.05) is 17.7 Å². The summed E-state index contributed by atoms with van der Waals surface area (Å²) in [6, 6.07) is 5.78. The number of hydrogen-bond acceptors (Lipinski definition) is 3. The van der Waals surface area contributed by atoms with Crippen LogP contribution in [0.15, 0.2) is 24.4 Å². The molecule has 0 spiro atoms. The summed E-state index contributed by atoms with van der Waals surface area (Å²) in [5, 5.41) is 0.513. The van der Waals surface area contributed by atoms with Crippen molar-refractivity contribution in [1.29, 1.82) is 0 Å². The third-order valence-electron chi connectivity index (χ3n) is 2.09. The molecular weight excluding hydrogens is 336 g/mol. The third-order valence-corrected chi connectivity index (χ3v) is 3.97. The molecule has 2 aromatic rings. The molecule has 2 heterocycles. The lowest BCUT2D eigenvalue weighted by molar-refractivity contribution is 0.909. The van der Waals surface area contributed by atoms with Crippen molar-refractivity contribution >= 4 is 34.2 Å². The van der Waals surface area contributed by atoms with E-state index in [1.54, 1.807) is 6.20 Å². The number of aryl methyl sites for hydroxylation is 1. The van der Waals surface area contributed by atoms with Gasteiger partial charge in [-0.25, -0.2) is 9.97 Å². The largest absolute Gasteiger partial charge is 0.261 e. The number of aromatic nitrogens is 3. The summed E-state index contributed by atoms with van der Waals surface area (Å²) < 4.78 is 0.907. The molecule has 0 bridgehead atoms. The van der Waals surface area contributed by atoms with E-state index < -0.39 is 0 Å². The number of hydrogen-bond donors (Lipinski definition) is 0. The van der Waals surface area contributed by atoms with Gasteiger partial charge in [0.2, 0.25) is 0 Å². The molecule has 3 nitrogen and oxygen atoms in total. The molecule has 0 fully saturated rings. The van der Waals surface area contributed by atoms with Crippen molar-refractivity contribution in [3.8, 4) is 0 Å². The average molecular weight is 346 g/mol. The first-order chi connectivity index (χ1) is 7.66. The lowest BCUT2D eigenvalue weighted by atomic mass is 10.2. The molecule has 0 aliphatic rings. The second-order valence-corrected chi connectivity index (χ2v) is 4.76.